The van der Waals surface area contributed by atoms with Crippen LogP contribution in [0, 0.1) is 0 Å². The van der Waals surface area contributed by atoms with Gasteiger partial charge in [-0.2, -0.15) is 0 Å². The number of hydrogen-bond acceptors (Lipinski definition) is 5. The number of rotatable bonds is 8. The van der Waals surface area contributed by atoms with E-state index in [-0.39, 0.29) is 30.8 Å². The van der Waals surface area contributed by atoms with E-state index in [9.17, 15) is 14.4 Å². The van der Waals surface area contributed by atoms with Crippen molar-refractivity contribution in [3.05, 3.63) is 36.5 Å². The first kappa shape index (κ1) is 16.6. The summed E-state index contributed by atoms with van der Waals surface area (Å²) in [6.07, 6.45) is 2.42. The molecule has 0 spiro atoms. The third-order valence-electron chi connectivity index (χ3n) is 2.04. The first-order valence-corrected chi connectivity index (χ1v) is 5.42. The van der Waals surface area contributed by atoms with E-state index in [0.717, 1.165) is 6.08 Å². The number of esters is 2. The molecule has 0 unspecified atom stereocenters. The molecule has 0 aliphatic carbocycles. The number of ether oxygens (including phenoxy) is 2. The van der Waals surface area contributed by atoms with E-state index >= 15 is 0 Å². The monoisotopic (exact) mass is 268 g/mol. The zero-order valence-electron chi connectivity index (χ0n) is 10.7. The summed E-state index contributed by atoms with van der Waals surface area (Å²) in [4.78, 5) is 32.6. The molecule has 19 heavy (non-hydrogen) atoms. The Morgan fingerprint density at radius 3 is 2.42 bits per heavy atom. The van der Waals surface area contributed by atoms with Crippen LogP contribution in [0.3, 0.4) is 0 Å². The molecule has 0 saturated carbocycles. The van der Waals surface area contributed by atoms with Gasteiger partial charge in [0.2, 0.25) is 0 Å². The van der Waals surface area contributed by atoms with Crippen LogP contribution in [-0.2, 0) is 23.9 Å². The predicted octanol–water partition coefficient (Wildman–Crippen LogP) is 1.24. The van der Waals surface area contributed by atoms with Gasteiger partial charge in [-0.25, -0.2) is 14.4 Å². The van der Waals surface area contributed by atoms with Gasteiger partial charge in [0.1, 0.15) is 6.61 Å². The smallest absolute Gasteiger partial charge is 0.333 e. The van der Waals surface area contributed by atoms with E-state index in [1.54, 1.807) is 0 Å². The fraction of sp³-hybridized carbons (Fsp3) is 0.308. The molecular formula is C13H16O6. The topological polar surface area (TPSA) is 89.9 Å². The minimum atomic E-state index is -1.08. The molecule has 0 fully saturated rings. The first-order chi connectivity index (χ1) is 8.88. The highest BCUT2D eigenvalue weighted by molar-refractivity contribution is 5.88. The van der Waals surface area contributed by atoms with Gasteiger partial charge < -0.3 is 14.6 Å². The highest BCUT2D eigenvalue weighted by Gasteiger charge is 2.09. The molecule has 104 valence electrons. The van der Waals surface area contributed by atoms with Gasteiger partial charge in [0.05, 0.1) is 6.61 Å². The summed E-state index contributed by atoms with van der Waals surface area (Å²) >= 11 is 0. The molecule has 0 heterocycles. The fourth-order valence-corrected chi connectivity index (χ4v) is 0.868. The van der Waals surface area contributed by atoms with Crippen LogP contribution in [-0.4, -0.2) is 36.2 Å². The highest BCUT2D eigenvalue weighted by atomic mass is 16.5. The van der Waals surface area contributed by atoms with Gasteiger partial charge in [0.15, 0.2) is 0 Å². The van der Waals surface area contributed by atoms with Gasteiger partial charge in [0.25, 0.3) is 0 Å². The van der Waals surface area contributed by atoms with Gasteiger partial charge in [-0.1, -0.05) is 13.2 Å². The van der Waals surface area contributed by atoms with Crippen molar-refractivity contribution in [1.29, 1.82) is 0 Å². The molecule has 6 heteroatoms. The van der Waals surface area contributed by atoms with Crippen molar-refractivity contribution in [2.24, 2.45) is 0 Å². The maximum Gasteiger partial charge on any atom is 0.333 e. The van der Waals surface area contributed by atoms with Crippen molar-refractivity contribution < 1.29 is 29.0 Å². The van der Waals surface area contributed by atoms with E-state index < -0.39 is 17.9 Å². The Morgan fingerprint density at radius 1 is 1.26 bits per heavy atom. The second-order valence-electron chi connectivity index (χ2n) is 3.52. The fourth-order valence-electron chi connectivity index (χ4n) is 0.868. The van der Waals surface area contributed by atoms with Crippen LogP contribution >= 0.6 is 0 Å². The Bertz CT molecular complexity index is 419. The quantitative estimate of drug-likeness (QED) is 0.526. The van der Waals surface area contributed by atoms with E-state index in [1.165, 1.54) is 13.0 Å². The van der Waals surface area contributed by atoms with Crippen LogP contribution < -0.4 is 0 Å². The Balaban J connectivity index is 3.98. The van der Waals surface area contributed by atoms with E-state index in [2.05, 4.69) is 17.9 Å². The number of carbonyl (C=O) groups is 3. The van der Waals surface area contributed by atoms with Crippen molar-refractivity contribution in [2.45, 2.75) is 13.3 Å². The Morgan fingerprint density at radius 2 is 1.89 bits per heavy atom. The first-order valence-electron chi connectivity index (χ1n) is 5.42. The molecule has 0 aromatic rings. The third kappa shape index (κ3) is 7.54. The molecule has 0 rings (SSSR count). The Labute approximate surface area is 111 Å². The SMILES string of the molecule is C=CC(=O)OCCC(=C)C(=O)OCC=C(C)C(=O)O. The second kappa shape index (κ2) is 8.68. The van der Waals surface area contributed by atoms with Crippen LogP contribution in [0.2, 0.25) is 0 Å². The largest absolute Gasteiger partial charge is 0.478 e. The van der Waals surface area contributed by atoms with Crippen molar-refractivity contribution >= 4 is 17.9 Å². The van der Waals surface area contributed by atoms with Crippen LogP contribution in [0.1, 0.15) is 13.3 Å². The van der Waals surface area contributed by atoms with Crippen LogP contribution in [0.5, 0.6) is 0 Å². The predicted molar refractivity (Wildman–Crippen MR) is 67.3 cm³/mol. The number of carboxylic acid groups (broad SMARTS) is 1. The normalized spacial score (nSPS) is 10.5. The number of carbonyl (C=O) groups excluding carboxylic acids is 2. The summed E-state index contributed by atoms with van der Waals surface area (Å²) in [6.45, 7) is 7.94. The molecular weight excluding hydrogens is 252 g/mol. The lowest BCUT2D eigenvalue weighted by Gasteiger charge is -2.05. The molecule has 0 saturated heterocycles. The minimum Gasteiger partial charge on any atom is -0.478 e. The molecule has 0 radical (unpaired) electrons. The van der Waals surface area contributed by atoms with E-state index in [0.29, 0.717) is 0 Å². The summed E-state index contributed by atoms with van der Waals surface area (Å²) in [5.74, 6) is -2.32. The highest BCUT2D eigenvalue weighted by Crippen LogP contribution is 2.02. The maximum absolute atomic E-state index is 11.4. The summed E-state index contributed by atoms with van der Waals surface area (Å²) in [5, 5.41) is 8.57. The maximum atomic E-state index is 11.4. The van der Waals surface area contributed by atoms with Gasteiger partial charge in [-0.05, 0) is 13.0 Å². The second-order valence-corrected chi connectivity index (χ2v) is 3.52. The van der Waals surface area contributed by atoms with E-state index in [1.807, 2.05) is 0 Å². The summed E-state index contributed by atoms with van der Waals surface area (Å²) in [7, 11) is 0. The molecule has 6 nitrogen and oxygen atoms in total. The Kier molecular flexibility index (Phi) is 7.60. The Hall–Kier alpha value is -2.37. The van der Waals surface area contributed by atoms with Crippen molar-refractivity contribution in [2.75, 3.05) is 13.2 Å². The molecule has 0 amide bonds. The van der Waals surface area contributed by atoms with Gasteiger partial charge in [-0.3, -0.25) is 0 Å². The van der Waals surface area contributed by atoms with Crippen LogP contribution in [0.4, 0.5) is 0 Å². The molecule has 0 atom stereocenters. The third-order valence-corrected chi connectivity index (χ3v) is 2.04. The van der Waals surface area contributed by atoms with Crippen molar-refractivity contribution in [3.8, 4) is 0 Å². The lowest BCUT2D eigenvalue weighted by Crippen LogP contribution is -2.11. The number of carboxylic acids is 1. The number of hydrogen-bond donors (Lipinski definition) is 1. The zero-order chi connectivity index (χ0) is 14.8. The van der Waals surface area contributed by atoms with Crippen molar-refractivity contribution in [3.63, 3.8) is 0 Å². The van der Waals surface area contributed by atoms with Gasteiger partial charge in [0, 0.05) is 23.6 Å². The lowest BCUT2D eigenvalue weighted by atomic mass is 10.2. The summed E-state index contributed by atoms with van der Waals surface area (Å²) in [6, 6.07) is 0. The minimum absolute atomic E-state index is 0.00276. The van der Waals surface area contributed by atoms with E-state index in [4.69, 9.17) is 9.84 Å². The molecule has 0 aromatic carbocycles. The standard InChI is InChI=1S/C13H16O6/c1-4-11(14)18-7-6-10(3)13(17)19-8-5-9(2)12(15)16/h4-5H,1,3,6-8H2,2H3,(H,15,16). The summed E-state index contributed by atoms with van der Waals surface area (Å²) in [5.41, 5.74) is 0.219. The molecule has 0 aliphatic rings. The number of aliphatic carboxylic acids is 1. The molecule has 0 aliphatic heterocycles. The average molecular weight is 268 g/mol. The van der Waals surface area contributed by atoms with Gasteiger partial charge in [-0.15, -0.1) is 0 Å². The molecule has 1 N–H and O–H groups in total. The van der Waals surface area contributed by atoms with Gasteiger partial charge >= 0.3 is 17.9 Å². The summed E-state index contributed by atoms with van der Waals surface area (Å²) < 4.78 is 9.44. The van der Waals surface area contributed by atoms with Crippen molar-refractivity contribution in [1.82, 2.24) is 0 Å². The van der Waals surface area contributed by atoms with Crippen LogP contribution in [0.15, 0.2) is 36.5 Å². The average Bonchev–Trinajstić information content (AvgIpc) is 2.37. The zero-order valence-corrected chi connectivity index (χ0v) is 10.7. The molecule has 0 aromatic heterocycles. The molecule has 0 bridgehead atoms. The lowest BCUT2D eigenvalue weighted by molar-refractivity contribution is -0.140. The van der Waals surface area contributed by atoms with Crippen LogP contribution in [0.25, 0.3) is 0 Å².